The number of para-hydroxylation sites is 4. The molecular weight excluding hydrogens is 600 g/mol. The zero-order valence-electron chi connectivity index (χ0n) is 27.9. The molecule has 0 saturated heterocycles. The molecule has 0 aliphatic rings. The van der Waals surface area contributed by atoms with Crippen molar-refractivity contribution in [2.45, 2.75) is 63.4 Å². The van der Waals surface area contributed by atoms with E-state index >= 15 is 0 Å². The highest BCUT2D eigenvalue weighted by Gasteiger charge is 2.37. The SMILES string of the molecule is CNC(OC(=O)C(=O)OC(NC)C(C)(C)NCC(O)COc1ccccc1OC)C(C)(C)NCC(O)COc1ccccc1OC. The highest BCUT2D eigenvalue weighted by molar-refractivity contribution is 6.29. The summed E-state index contributed by atoms with van der Waals surface area (Å²) in [4.78, 5) is 25.5. The van der Waals surface area contributed by atoms with E-state index in [1.54, 1.807) is 78.2 Å². The van der Waals surface area contributed by atoms with Crippen molar-refractivity contribution in [3.05, 3.63) is 48.5 Å². The summed E-state index contributed by atoms with van der Waals surface area (Å²) in [6.45, 7) is 7.14. The molecule has 14 nitrogen and oxygen atoms in total. The van der Waals surface area contributed by atoms with Crippen molar-refractivity contribution in [1.29, 1.82) is 0 Å². The summed E-state index contributed by atoms with van der Waals surface area (Å²) in [5.41, 5.74) is -1.83. The highest BCUT2D eigenvalue weighted by atomic mass is 16.6. The van der Waals surface area contributed by atoms with Crippen LogP contribution in [-0.4, -0.2) is 113 Å². The Morgan fingerprint density at radius 3 is 1.28 bits per heavy atom. The number of likely N-dealkylation sites (N-methyl/N-ethyl adjacent to an activating group) is 2. The number of ether oxygens (including phenoxy) is 6. The maximum atomic E-state index is 12.8. The van der Waals surface area contributed by atoms with Gasteiger partial charge in [0.1, 0.15) is 25.4 Å². The van der Waals surface area contributed by atoms with Crippen LogP contribution < -0.4 is 40.2 Å². The van der Waals surface area contributed by atoms with Crippen LogP contribution >= 0.6 is 0 Å². The minimum atomic E-state index is -1.21. The van der Waals surface area contributed by atoms with Crippen molar-refractivity contribution >= 4 is 11.9 Å². The third-order valence-electron chi connectivity index (χ3n) is 7.04. The van der Waals surface area contributed by atoms with Crippen LogP contribution in [-0.2, 0) is 19.1 Å². The quantitative estimate of drug-likeness (QED) is 0.0673. The van der Waals surface area contributed by atoms with Crippen molar-refractivity contribution in [3.63, 3.8) is 0 Å². The Balaban J connectivity index is 1.86. The van der Waals surface area contributed by atoms with E-state index in [0.29, 0.717) is 23.0 Å². The number of benzene rings is 2. The molecule has 0 saturated carbocycles. The first-order valence-electron chi connectivity index (χ1n) is 14.9. The molecule has 2 aromatic rings. The van der Waals surface area contributed by atoms with Crippen LogP contribution in [0.5, 0.6) is 23.0 Å². The van der Waals surface area contributed by atoms with E-state index in [0.717, 1.165) is 0 Å². The number of nitrogens with one attached hydrogen (secondary N) is 4. The summed E-state index contributed by atoms with van der Waals surface area (Å²) < 4.78 is 32.7. The maximum absolute atomic E-state index is 12.8. The molecule has 0 aromatic heterocycles. The maximum Gasteiger partial charge on any atom is 0.419 e. The highest BCUT2D eigenvalue weighted by Crippen LogP contribution is 2.26. The van der Waals surface area contributed by atoms with Gasteiger partial charge >= 0.3 is 11.9 Å². The lowest BCUT2D eigenvalue weighted by molar-refractivity contribution is -0.180. The van der Waals surface area contributed by atoms with E-state index in [1.807, 2.05) is 12.1 Å². The van der Waals surface area contributed by atoms with Gasteiger partial charge < -0.3 is 49.3 Å². The van der Waals surface area contributed by atoms with Gasteiger partial charge in [-0.3, -0.25) is 10.6 Å². The van der Waals surface area contributed by atoms with Crippen molar-refractivity contribution in [2.24, 2.45) is 0 Å². The first-order chi connectivity index (χ1) is 21.8. The smallest absolute Gasteiger partial charge is 0.419 e. The number of hydrogen-bond acceptors (Lipinski definition) is 14. The molecule has 0 fully saturated rings. The number of β-amino-alcohol motifs (C(OH)–C–C–N with tert-alkyl or cyclic N) is 2. The molecule has 6 N–H and O–H groups in total. The van der Waals surface area contributed by atoms with E-state index < -0.39 is 47.7 Å². The Labute approximate surface area is 271 Å². The first-order valence-corrected chi connectivity index (χ1v) is 14.9. The normalized spacial score (nSPS) is 14.4. The second-order valence-electron chi connectivity index (χ2n) is 11.6. The molecule has 14 heteroatoms. The van der Waals surface area contributed by atoms with Gasteiger partial charge in [-0.05, 0) is 66.1 Å². The zero-order chi connectivity index (χ0) is 34.3. The summed E-state index contributed by atoms with van der Waals surface area (Å²) in [6, 6.07) is 14.2. The van der Waals surface area contributed by atoms with Gasteiger partial charge in [0, 0.05) is 13.1 Å². The monoisotopic (exact) mass is 650 g/mol. The largest absolute Gasteiger partial charge is 0.493 e. The molecule has 258 valence electrons. The number of methoxy groups -OCH3 is 2. The number of rotatable bonds is 20. The molecule has 2 rings (SSSR count). The van der Waals surface area contributed by atoms with Gasteiger partial charge in [0.25, 0.3) is 0 Å². The molecule has 0 amide bonds. The first kappa shape index (κ1) is 38.5. The molecule has 0 aliphatic carbocycles. The molecule has 4 unspecified atom stereocenters. The van der Waals surface area contributed by atoms with Gasteiger partial charge in [-0.1, -0.05) is 24.3 Å². The Kier molecular flexibility index (Phi) is 15.5. The minimum Gasteiger partial charge on any atom is -0.493 e. The lowest BCUT2D eigenvalue weighted by atomic mass is 10.0. The number of aliphatic hydroxyl groups excluding tert-OH is 2. The lowest BCUT2D eigenvalue weighted by Gasteiger charge is -2.36. The average molecular weight is 651 g/mol. The second kappa shape index (κ2) is 18.5. The van der Waals surface area contributed by atoms with Crippen LogP contribution in [0.15, 0.2) is 48.5 Å². The van der Waals surface area contributed by atoms with Crippen molar-refractivity contribution < 1.29 is 48.2 Å². The van der Waals surface area contributed by atoms with Gasteiger partial charge in [-0.25, -0.2) is 9.59 Å². The fraction of sp³-hybridized carbons (Fsp3) is 0.562. The Hall–Kier alpha value is -3.66. The molecule has 0 bridgehead atoms. The molecular formula is C32H50N4O10. The Bertz CT molecular complexity index is 1140. The number of carbonyl (C=O) groups is 2. The van der Waals surface area contributed by atoms with Crippen molar-refractivity contribution in [3.8, 4) is 23.0 Å². The third-order valence-corrected chi connectivity index (χ3v) is 7.04. The van der Waals surface area contributed by atoms with E-state index in [1.165, 1.54) is 14.2 Å². The topological polar surface area (TPSA) is 178 Å². The summed E-state index contributed by atoms with van der Waals surface area (Å²) in [6.07, 6.45) is -3.74. The van der Waals surface area contributed by atoms with Gasteiger partial charge in [0.2, 0.25) is 0 Å². The van der Waals surface area contributed by atoms with Crippen LogP contribution in [0.25, 0.3) is 0 Å². The fourth-order valence-electron chi connectivity index (χ4n) is 4.36. The second-order valence-corrected chi connectivity index (χ2v) is 11.6. The number of hydrogen-bond donors (Lipinski definition) is 6. The van der Waals surface area contributed by atoms with Gasteiger partial charge in [-0.2, -0.15) is 0 Å². The summed E-state index contributed by atoms with van der Waals surface area (Å²) in [5.74, 6) is -0.341. The summed E-state index contributed by atoms with van der Waals surface area (Å²) in [5, 5.41) is 33.0. The molecule has 2 aromatic carbocycles. The van der Waals surface area contributed by atoms with Gasteiger partial charge in [0.05, 0.1) is 25.3 Å². The van der Waals surface area contributed by atoms with Gasteiger partial charge in [0.15, 0.2) is 35.5 Å². The molecule has 4 atom stereocenters. The van der Waals surface area contributed by atoms with Crippen LogP contribution in [0.2, 0.25) is 0 Å². The van der Waals surface area contributed by atoms with Crippen molar-refractivity contribution in [1.82, 2.24) is 21.3 Å². The fourth-order valence-corrected chi connectivity index (χ4v) is 4.36. The molecule has 0 spiro atoms. The van der Waals surface area contributed by atoms with Gasteiger partial charge in [-0.15, -0.1) is 0 Å². The lowest BCUT2D eigenvalue weighted by Crippen LogP contribution is -2.60. The Morgan fingerprint density at radius 1 is 0.652 bits per heavy atom. The summed E-state index contributed by atoms with van der Waals surface area (Å²) >= 11 is 0. The number of esters is 2. The summed E-state index contributed by atoms with van der Waals surface area (Å²) in [7, 11) is 6.20. The predicted molar refractivity (Wildman–Crippen MR) is 171 cm³/mol. The predicted octanol–water partition coefficient (Wildman–Crippen LogP) is 0.797. The van der Waals surface area contributed by atoms with E-state index in [4.69, 9.17) is 28.4 Å². The molecule has 0 radical (unpaired) electrons. The van der Waals surface area contributed by atoms with Crippen LogP contribution in [0.4, 0.5) is 0 Å². The molecule has 46 heavy (non-hydrogen) atoms. The Morgan fingerprint density at radius 2 is 0.978 bits per heavy atom. The zero-order valence-corrected chi connectivity index (χ0v) is 27.9. The molecule has 0 aliphatic heterocycles. The number of aliphatic hydroxyl groups is 2. The van der Waals surface area contributed by atoms with Crippen LogP contribution in [0, 0.1) is 0 Å². The van der Waals surface area contributed by atoms with Crippen LogP contribution in [0.3, 0.4) is 0 Å². The van der Waals surface area contributed by atoms with E-state index in [2.05, 4.69) is 21.3 Å². The van der Waals surface area contributed by atoms with E-state index in [-0.39, 0.29) is 26.3 Å². The average Bonchev–Trinajstić information content (AvgIpc) is 3.05. The molecule has 0 heterocycles. The van der Waals surface area contributed by atoms with Crippen LogP contribution in [0.1, 0.15) is 27.7 Å². The minimum absolute atomic E-state index is 0.0131. The van der Waals surface area contributed by atoms with Crippen molar-refractivity contribution in [2.75, 3.05) is 54.6 Å². The van der Waals surface area contributed by atoms with E-state index in [9.17, 15) is 19.8 Å². The standard InChI is InChI=1S/C32H50N4O10/c1-31(2,35-17-21(37)19-43-25-15-11-9-13-23(25)41-7)29(33-5)45-27(39)28(40)46-30(34-6)32(3,4)36-18-22(38)20-44-26-16-12-10-14-24(26)42-8/h9-16,21-22,29-30,33-38H,17-20H2,1-8H3. The third kappa shape index (κ3) is 11.9. The number of carbonyl (C=O) groups excluding carboxylic acids is 2.